The van der Waals surface area contributed by atoms with Crippen molar-refractivity contribution >= 4 is 35.0 Å². The Labute approximate surface area is 144 Å². The zero-order chi connectivity index (χ0) is 18.3. The van der Waals surface area contributed by atoms with Crippen LogP contribution in [0.15, 0.2) is 47.9 Å². The van der Waals surface area contributed by atoms with Gasteiger partial charge in [-0.2, -0.15) is 0 Å². The molecule has 0 saturated carbocycles. The van der Waals surface area contributed by atoms with Crippen LogP contribution in [-0.4, -0.2) is 24.8 Å². The van der Waals surface area contributed by atoms with Crippen molar-refractivity contribution in [3.05, 3.63) is 52.7 Å². The van der Waals surface area contributed by atoms with Crippen LogP contribution >= 0.6 is 11.3 Å². The van der Waals surface area contributed by atoms with Crippen LogP contribution in [0.1, 0.15) is 4.88 Å². The molecular weight excluding hydrogens is 359 g/mol. The van der Waals surface area contributed by atoms with Crippen LogP contribution in [0, 0.1) is 0 Å². The van der Waals surface area contributed by atoms with Gasteiger partial charge >= 0.3 is 12.3 Å². The highest BCUT2D eigenvalue weighted by atomic mass is 32.1. The van der Waals surface area contributed by atoms with Gasteiger partial charge in [-0.1, -0.05) is 6.07 Å². The van der Waals surface area contributed by atoms with Crippen LogP contribution in [0.5, 0.6) is 5.75 Å². The molecule has 1 N–H and O–H groups in total. The van der Waals surface area contributed by atoms with E-state index in [-0.39, 0.29) is 5.69 Å². The average Bonchev–Trinajstić information content (AvgIpc) is 3.05. The Morgan fingerprint density at radius 1 is 1.16 bits per heavy atom. The number of benzene rings is 1. The number of anilines is 1. The van der Waals surface area contributed by atoms with Gasteiger partial charge in [0, 0.05) is 16.6 Å². The van der Waals surface area contributed by atoms with Gasteiger partial charge in [0.15, 0.2) is 6.61 Å². The molecule has 1 heterocycles. The molecule has 0 atom stereocenters. The molecule has 1 aromatic heterocycles. The van der Waals surface area contributed by atoms with Gasteiger partial charge in [0.05, 0.1) is 0 Å². The Kier molecular flexibility index (Phi) is 6.18. The Morgan fingerprint density at radius 3 is 2.48 bits per heavy atom. The molecule has 25 heavy (non-hydrogen) atoms. The number of carbonyl (C=O) groups is 2. The molecule has 132 valence electrons. The van der Waals surface area contributed by atoms with E-state index in [1.54, 1.807) is 6.08 Å². The summed E-state index contributed by atoms with van der Waals surface area (Å²) in [6, 6.07) is 8.22. The monoisotopic (exact) mass is 371 g/mol. The van der Waals surface area contributed by atoms with Crippen LogP contribution in [0.2, 0.25) is 0 Å². The third kappa shape index (κ3) is 7.08. The molecule has 5 nitrogen and oxygen atoms in total. The van der Waals surface area contributed by atoms with Crippen LogP contribution in [0.25, 0.3) is 6.08 Å². The van der Waals surface area contributed by atoms with E-state index >= 15 is 0 Å². The van der Waals surface area contributed by atoms with Crippen molar-refractivity contribution in [2.75, 3.05) is 11.9 Å². The second kappa shape index (κ2) is 8.34. The predicted molar refractivity (Wildman–Crippen MR) is 86.1 cm³/mol. The SMILES string of the molecule is O=C(COC(=O)/C=C/c1cccs1)Nc1ccc(OC(F)(F)F)cc1. The molecule has 0 spiro atoms. The summed E-state index contributed by atoms with van der Waals surface area (Å²) in [4.78, 5) is 24.0. The topological polar surface area (TPSA) is 64.6 Å². The van der Waals surface area contributed by atoms with Gasteiger partial charge in [0.1, 0.15) is 5.75 Å². The molecule has 0 aliphatic rings. The normalized spacial score (nSPS) is 11.3. The first kappa shape index (κ1) is 18.5. The number of ether oxygens (including phenoxy) is 2. The Balaban J connectivity index is 1.77. The van der Waals surface area contributed by atoms with E-state index in [1.807, 2.05) is 17.5 Å². The Morgan fingerprint density at radius 2 is 1.88 bits per heavy atom. The fourth-order valence-corrected chi connectivity index (χ4v) is 2.28. The minimum absolute atomic E-state index is 0.240. The summed E-state index contributed by atoms with van der Waals surface area (Å²) in [5.41, 5.74) is 0.240. The van der Waals surface area contributed by atoms with Crippen molar-refractivity contribution < 1.29 is 32.2 Å². The maximum Gasteiger partial charge on any atom is 0.573 e. The number of hydrogen-bond donors (Lipinski definition) is 1. The maximum absolute atomic E-state index is 12.0. The van der Waals surface area contributed by atoms with Crippen LogP contribution in [-0.2, 0) is 14.3 Å². The first-order valence-corrected chi connectivity index (χ1v) is 7.74. The summed E-state index contributed by atoms with van der Waals surface area (Å²) >= 11 is 1.44. The Bertz CT molecular complexity index is 740. The lowest BCUT2D eigenvalue weighted by atomic mass is 10.3. The molecule has 9 heteroatoms. The lowest BCUT2D eigenvalue weighted by molar-refractivity contribution is -0.274. The molecule has 0 radical (unpaired) electrons. The van der Waals surface area contributed by atoms with Gasteiger partial charge in [-0.15, -0.1) is 24.5 Å². The molecule has 0 saturated heterocycles. The van der Waals surface area contributed by atoms with Crippen LogP contribution in [0.3, 0.4) is 0 Å². The van der Waals surface area contributed by atoms with E-state index in [1.165, 1.54) is 29.5 Å². The summed E-state index contributed by atoms with van der Waals surface area (Å²) in [5, 5.41) is 4.23. The number of esters is 1. The van der Waals surface area contributed by atoms with Gasteiger partial charge in [0.2, 0.25) is 0 Å². The van der Waals surface area contributed by atoms with Gasteiger partial charge in [-0.25, -0.2) is 4.79 Å². The molecule has 0 unspecified atom stereocenters. The number of carbonyl (C=O) groups excluding carboxylic acids is 2. The summed E-state index contributed by atoms with van der Waals surface area (Å²) in [5.74, 6) is -1.71. The predicted octanol–water partition coefficient (Wildman–Crippen LogP) is 3.84. The Hall–Kier alpha value is -2.81. The first-order valence-electron chi connectivity index (χ1n) is 6.86. The highest BCUT2D eigenvalue weighted by Crippen LogP contribution is 2.23. The minimum atomic E-state index is -4.78. The van der Waals surface area contributed by atoms with Crippen LogP contribution in [0.4, 0.5) is 18.9 Å². The molecule has 0 fully saturated rings. The van der Waals surface area contributed by atoms with Crippen molar-refractivity contribution in [1.82, 2.24) is 0 Å². The van der Waals surface area contributed by atoms with Crippen molar-refractivity contribution in [2.24, 2.45) is 0 Å². The lowest BCUT2D eigenvalue weighted by Crippen LogP contribution is -2.20. The third-order valence-electron chi connectivity index (χ3n) is 2.64. The van der Waals surface area contributed by atoms with Crippen LogP contribution < -0.4 is 10.1 Å². The van der Waals surface area contributed by atoms with E-state index < -0.39 is 30.6 Å². The summed E-state index contributed by atoms with van der Waals surface area (Å²) in [6.07, 6.45) is -2.03. The lowest BCUT2D eigenvalue weighted by Gasteiger charge is -2.10. The molecule has 1 aromatic carbocycles. The van der Waals surface area contributed by atoms with Crippen molar-refractivity contribution in [2.45, 2.75) is 6.36 Å². The molecule has 0 aliphatic heterocycles. The highest BCUT2D eigenvalue weighted by molar-refractivity contribution is 7.10. The largest absolute Gasteiger partial charge is 0.573 e. The summed E-state index contributed by atoms with van der Waals surface area (Å²) in [6.45, 7) is -0.519. The average molecular weight is 371 g/mol. The molecule has 2 aromatic rings. The minimum Gasteiger partial charge on any atom is -0.452 e. The van der Waals surface area contributed by atoms with E-state index in [0.29, 0.717) is 0 Å². The number of nitrogens with one attached hydrogen (secondary N) is 1. The maximum atomic E-state index is 12.0. The second-order valence-electron chi connectivity index (χ2n) is 4.58. The molecular formula is C16H12F3NO4S. The van der Waals surface area contributed by atoms with Crippen molar-refractivity contribution in [3.63, 3.8) is 0 Å². The summed E-state index contributed by atoms with van der Waals surface area (Å²) in [7, 11) is 0. The molecule has 1 amide bonds. The van der Waals surface area contributed by atoms with Crippen molar-refractivity contribution in [3.8, 4) is 5.75 Å². The number of hydrogen-bond acceptors (Lipinski definition) is 5. The zero-order valence-corrected chi connectivity index (χ0v) is 13.4. The van der Waals surface area contributed by atoms with E-state index in [2.05, 4.69) is 10.1 Å². The van der Waals surface area contributed by atoms with E-state index in [4.69, 9.17) is 4.74 Å². The van der Waals surface area contributed by atoms with Crippen molar-refractivity contribution in [1.29, 1.82) is 0 Å². The van der Waals surface area contributed by atoms with Gasteiger partial charge in [-0.05, 0) is 41.8 Å². The summed E-state index contributed by atoms with van der Waals surface area (Å²) < 4.78 is 44.6. The van der Waals surface area contributed by atoms with E-state index in [9.17, 15) is 22.8 Å². The number of thiophene rings is 1. The molecule has 2 rings (SSSR count). The number of amides is 1. The second-order valence-corrected chi connectivity index (χ2v) is 5.56. The quantitative estimate of drug-likeness (QED) is 0.619. The van der Waals surface area contributed by atoms with E-state index in [0.717, 1.165) is 17.0 Å². The zero-order valence-electron chi connectivity index (χ0n) is 12.6. The first-order chi connectivity index (χ1) is 11.8. The standard InChI is InChI=1S/C16H12F3NO4S/c17-16(18,19)24-12-5-3-11(4-6-12)20-14(21)10-23-15(22)8-7-13-2-1-9-25-13/h1-9H,10H2,(H,20,21)/b8-7+. The number of halogens is 3. The van der Waals surface area contributed by atoms with Gasteiger partial charge in [-0.3, -0.25) is 4.79 Å². The highest BCUT2D eigenvalue weighted by Gasteiger charge is 2.30. The molecule has 0 bridgehead atoms. The molecule has 0 aliphatic carbocycles. The fraction of sp³-hybridized carbons (Fsp3) is 0.125. The fourth-order valence-electron chi connectivity index (χ4n) is 1.66. The van der Waals surface area contributed by atoms with Gasteiger partial charge < -0.3 is 14.8 Å². The van der Waals surface area contributed by atoms with Gasteiger partial charge in [0.25, 0.3) is 5.91 Å². The number of alkyl halides is 3. The third-order valence-corrected chi connectivity index (χ3v) is 3.48. The number of rotatable bonds is 6. The smallest absolute Gasteiger partial charge is 0.452 e.